The van der Waals surface area contributed by atoms with Gasteiger partial charge in [-0.15, -0.1) is 0 Å². The van der Waals surface area contributed by atoms with Gasteiger partial charge < -0.3 is 15.0 Å². The number of nitrogens with one attached hydrogen (secondary N) is 1. The molecule has 0 spiro atoms. The molecule has 1 amide bonds. The van der Waals surface area contributed by atoms with Gasteiger partial charge in [-0.05, 0) is 18.9 Å². The van der Waals surface area contributed by atoms with E-state index in [0.717, 1.165) is 16.6 Å². The molecule has 5 heteroatoms. The first-order chi connectivity index (χ1) is 9.99. The minimum Gasteiger partial charge on any atom is -0.481 e. The molecule has 3 rings (SSSR count). The summed E-state index contributed by atoms with van der Waals surface area (Å²) < 4.78 is 0. The number of rotatable bonds is 2. The Kier molecular flexibility index (Phi) is 3.20. The lowest BCUT2D eigenvalue weighted by atomic mass is 9.99. The molecule has 1 aromatic heterocycles. The highest BCUT2D eigenvalue weighted by Gasteiger charge is 2.38. The maximum absolute atomic E-state index is 12.8. The van der Waals surface area contributed by atoms with E-state index in [1.165, 1.54) is 0 Å². The van der Waals surface area contributed by atoms with Crippen molar-refractivity contribution in [2.75, 3.05) is 13.1 Å². The number of fused-ring (bicyclic) bond motifs is 1. The van der Waals surface area contributed by atoms with Crippen LogP contribution >= 0.6 is 0 Å². The van der Waals surface area contributed by atoms with Crippen LogP contribution in [-0.4, -0.2) is 40.0 Å². The summed E-state index contributed by atoms with van der Waals surface area (Å²) in [6.45, 7) is 4.54. The van der Waals surface area contributed by atoms with E-state index in [1.807, 2.05) is 38.1 Å². The fourth-order valence-electron chi connectivity index (χ4n) is 3.16. The third-order valence-corrected chi connectivity index (χ3v) is 4.32. The summed E-state index contributed by atoms with van der Waals surface area (Å²) in [6, 6.07) is 7.68. The number of aliphatic carboxylic acids is 1. The van der Waals surface area contributed by atoms with Gasteiger partial charge >= 0.3 is 5.97 Å². The van der Waals surface area contributed by atoms with E-state index in [-0.39, 0.29) is 18.4 Å². The third-order valence-electron chi connectivity index (χ3n) is 4.32. The Morgan fingerprint density at radius 3 is 2.67 bits per heavy atom. The predicted octanol–water partition coefficient (Wildman–Crippen LogP) is 2.27. The molecule has 1 aromatic carbocycles. The number of aromatic nitrogens is 1. The molecule has 110 valence electrons. The minimum absolute atomic E-state index is 0.0167. The van der Waals surface area contributed by atoms with E-state index in [0.29, 0.717) is 12.1 Å². The Bertz CT molecular complexity index is 719. The molecule has 5 nitrogen and oxygen atoms in total. The van der Waals surface area contributed by atoms with Crippen LogP contribution in [0.3, 0.4) is 0 Å². The second-order valence-corrected chi connectivity index (χ2v) is 5.80. The van der Waals surface area contributed by atoms with Gasteiger partial charge in [-0.3, -0.25) is 9.59 Å². The quantitative estimate of drug-likeness (QED) is 0.889. The van der Waals surface area contributed by atoms with Crippen LogP contribution in [0.15, 0.2) is 24.3 Å². The first-order valence-electron chi connectivity index (χ1n) is 7.08. The Labute approximate surface area is 122 Å². The SMILES string of the molecule is Cc1[nH]c2ccccc2c1C(=O)N1C[C@@H](C)[C@H](C(=O)O)C1. The number of nitrogens with zero attached hydrogens (tertiary/aromatic N) is 1. The second-order valence-electron chi connectivity index (χ2n) is 5.80. The summed E-state index contributed by atoms with van der Waals surface area (Å²) in [5.74, 6) is -1.40. The standard InChI is InChI=1S/C16H18N2O3/c1-9-7-18(8-12(9)16(20)21)15(19)14-10(2)17-13-6-4-3-5-11(13)14/h3-6,9,12,17H,7-8H2,1-2H3,(H,20,21)/t9-,12-/m1/s1. The molecule has 0 radical (unpaired) electrons. The molecule has 2 atom stereocenters. The van der Waals surface area contributed by atoms with Gasteiger partial charge in [0, 0.05) is 29.7 Å². The normalized spacial score (nSPS) is 21.9. The number of carbonyl (C=O) groups excluding carboxylic acids is 1. The predicted molar refractivity (Wildman–Crippen MR) is 79.2 cm³/mol. The molecular weight excluding hydrogens is 268 g/mol. The lowest BCUT2D eigenvalue weighted by Crippen LogP contribution is -2.30. The summed E-state index contributed by atoms with van der Waals surface area (Å²) in [7, 11) is 0. The summed E-state index contributed by atoms with van der Waals surface area (Å²) in [5, 5.41) is 10.1. The first-order valence-corrected chi connectivity index (χ1v) is 7.08. The number of aromatic amines is 1. The highest BCUT2D eigenvalue weighted by Crippen LogP contribution is 2.28. The van der Waals surface area contributed by atoms with Crippen LogP contribution in [0.25, 0.3) is 10.9 Å². The van der Waals surface area contributed by atoms with Gasteiger partial charge in [0.05, 0.1) is 11.5 Å². The number of carboxylic acids is 1. The van der Waals surface area contributed by atoms with E-state index in [2.05, 4.69) is 4.98 Å². The molecule has 2 N–H and O–H groups in total. The van der Waals surface area contributed by atoms with Gasteiger partial charge in [-0.25, -0.2) is 0 Å². The summed E-state index contributed by atoms with van der Waals surface area (Å²) in [5.41, 5.74) is 2.41. The smallest absolute Gasteiger partial charge is 0.308 e. The van der Waals surface area contributed by atoms with E-state index < -0.39 is 11.9 Å². The van der Waals surface area contributed by atoms with Crippen LogP contribution in [0.2, 0.25) is 0 Å². The maximum atomic E-state index is 12.8. The second kappa shape index (κ2) is 4.91. The number of likely N-dealkylation sites (tertiary alicyclic amines) is 1. The van der Waals surface area contributed by atoms with E-state index in [4.69, 9.17) is 0 Å². The summed E-state index contributed by atoms with van der Waals surface area (Å²) >= 11 is 0. The van der Waals surface area contributed by atoms with Crippen LogP contribution < -0.4 is 0 Å². The molecule has 0 saturated carbocycles. The lowest BCUT2D eigenvalue weighted by molar-refractivity contribution is -0.142. The molecule has 2 aromatic rings. The highest BCUT2D eigenvalue weighted by molar-refractivity contribution is 6.08. The van der Waals surface area contributed by atoms with Crippen LogP contribution in [0.4, 0.5) is 0 Å². The van der Waals surface area contributed by atoms with Gasteiger partial charge in [-0.2, -0.15) is 0 Å². The van der Waals surface area contributed by atoms with Crippen LogP contribution in [-0.2, 0) is 4.79 Å². The average Bonchev–Trinajstić information content (AvgIpc) is 2.97. The van der Waals surface area contributed by atoms with Gasteiger partial charge in [0.1, 0.15) is 0 Å². The van der Waals surface area contributed by atoms with Crippen molar-refractivity contribution in [1.82, 2.24) is 9.88 Å². The van der Waals surface area contributed by atoms with E-state index in [1.54, 1.807) is 4.90 Å². The molecule has 1 aliphatic rings. The van der Waals surface area contributed by atoms with Gasteiger partial charge in [0.25, 0.3) is 5.91 Å². The van der Waals surface area contributed by atoms with E-state index >= 15 is 0 Å². The lowest BCUT2D eigenvalue weighted by Gasteiger charge is -2.16. The van der Waals surface area contributed by atoms with Crippen molar-refractivity contribution in [3.8, 4) is 0 Å². The molecule has 0 unspecified atom stereocenters. The molecular formula is C16H18N2O3. The van der Waals surface area contributed by atoms with Crippen LogP contribution in [0.5, 0.6) is 0 Å². The summed E-state index contributed by atoms with van der Waals surface area (Å²) in [4.78, 5) is 28.8. The summed E-state index contributed by atoms with van der Waals surface area (Å²) in [6.07, 6.45) is 0. The minimum atomic E-state index is -0.826. The van der Waals surface area contributed by atoms with Crippen molar-refractivity contribution < 1.29 is 14.7 Å². The third kappa shape index (κ3) is 2.18. The van der Waals surface area contributed by atoms with E-state index in [9.17, 15) is 14.7 Å². The number of hydrogen-bond donors (Lipinski definition) is 2. The average molecular weight is 286 g/mol. The monoisotopic (exact) mass is 286 g/mol. The molecule has 0 bridgehead atoms. The Hall–Kier alpha value is -2.30. The number of carboxylic acid groups (broad SMARTS) is 1. The van der Waals surface area contributed by atoms with Crippen molar-refractivity contribution >= 4 is 22.8 Å². The fraction of sp³-hybridized carbons (Fsp3) is 0.375. The first kappa shape index (κ1) is 13.7. The van der Waals surface area contributed by atoms with Crippen LogP contribution in [0, 0.1) is 18.8 Å². The molecule has 21 heavy (non-hydrogen) atoms. The van der Waals surface area contributed by atoms with Crippen molar-refractivity contribution in [2.45, 2.75) is 13.8 Å². The largest absolute Gasteiger partial charge is 0.481 e. The number of benzene rings is 1. The molecule has 1 saturated heterocycles. The number of aryl methyl sites for hydroxylation is 1. The maximum Gasteiger partial charge on any atom is 0.308 e. The Morgan fingerprint density at radius 2 is 2.00 bits per heavy atom. The zero-order valence-electron chi connectivity index (χ0n) is 12.1. The van der Waals surface area contributed by atoms with Gasteiger partial charge in [-0.1, -0.05) is 25.1 Å². The molecule has 2 heterocycles. The molecule has 1 aliphatic heterocycles. The van der Waals surface area contributed by atoms with Gasteiger partial charge in [0.15, 0.2) is 0 Å². The van der Waals surface area contributed by atoms with Crippen molar-refractivity contribution in [2.24, 2.45) is 11.8 Å². The zero-order chi connectivity index (χ0) is 15.1. The van der Waals surface area contributed by atoms with Crippen LogP contribution in [0.1, 0.15) is 23.0 Å². The topological polar surface area (TPSA) is 73.4 Å². The Balaban J connectivity index is 1.95. The highest BCUT2D eigenvalue weighted by atomic mass is 16.4. The number of para-hydroxylation sites is 1. The van der Waals surface area contributed by atoms with Crippen molar-refractivity contribution in [3.05, 3.63) is 35.5 Å². The number of amides is 1. The number of H-pyrrole nitrogens is 1. The number of carbonyl (C=O) groups is 2. The van der Waals surface area contributed by atoms with Crippen molar-refractivity contribution in [1.29, 1.82) is 0 Å². The fourth-order valence-corrected chi connectivity index (χ4v) is 3.16. The molecule has 1 fully saturated rings. The number of hydrogen-bond acceptors (Lipinski definition) is 2. The van der Waals surface area contributed by atoms with Gasteiger partial charge in [0.2, 0.25) is 0 Å². The van der Waals surface area contributed by atoms with Crippen molar-refractivity contribution in [3.63, 3.8) is 0 Å². The zero-order valence-corrected chi connectivity index (χ0v) is 12.1. The molecule has 0 aliphatic carbocycles. The Morgan fingerprint density at radius 1 is 1.29 bits per heavy atom.